The third-order valence-electron chi connectivity index (χ3n) is 3.57. The molecule has 26 heavy (non-hydrogen) atoms. The lowest BCUT2D eigenvalue weighted by Crippen LogP contribution is -2.13. The summed E-state index contributed by atoms with van der Waals surface area (Å²) in [5, 5.41) is 6.69. The molecule has 3 rings (SSSR count). The number of hydrogen-bond donors (Lipinski definition) is 2. The van der Waals surface area contributed by atoms with Crippen molar-refractivity contribution in [3.63, 3.8) is 0 Å². The highest BCUT2D eigenvalue weighted by molar-refractivity contribution is 6.36. The molecule has 132 valence electrons. The van der Waals surface area contributed by atoms with Gasteiger partial charge in [-0.3, -0.25) is 4.79 Å². The van der Waals surface area contributed by atoms with Crippen molar-refractivity contribution >= 4 is 46.4 Å². The normalized spacial score (nSPS) is 10.5. The molecule has 1 aromatic heterocycles. The molecule has 1 heterocycles. The third-order valence-corrected chi connectivity index (χ3v) is 4.12. The van der Waals surface area contributed by atoms with Crippen LogP contribution in [0.25, 0.3) is 0 Å². The Morgan fingerprint density at radius 2 is 1.62 bits per heavy atom. The fourth-order valence-corrected chi connectivity index (χ4v) is 2.93. The molecule has 7 heteroatoms. The van der Waals surface area contributed by atoms with Gasteiger partial charge in [0.15, 0.2) is 0 Å². The van der Waals surface area contributed by atoms with E-state index in [1.165, 1.54) is 12.4 Å². The number of hydrogen-bond acceptors (Lipinski definition) is 4. The lowest BCUT2D eigenvalue weighted by Gasteiger charge is -2.09. The summed E-state index contributed by atoms with van der Waals surface area (Å²) >= 11 is 11.9. The summed E-state index contributed by atoms with van der Waals surface area (Å²) in [5.74, 6) is 0.0586. The lowest BCUT2D eigenvalue weighted by molar-refractivity contribution is 0.102. The maximum Gasteiger partial charge on any atom is 0.258 e. The van der Waals surface area contributed by atoms with E-state index < -0.39 is 0 Å². The summed E-state index contributed by atoms with van der Waals surface area (Å²) < 4.78 is 0. The number of benzene rings is 2. The van der Waals surface area contributed by atoms with Gasteiger partial charge in [-0.1, -0.05) is 29.3 Å². The van der Waals surface area contributed by atoms with Crippen LogP contribution in [0.15, 0.2) is 48.8 Å². The highest BCUT2D eigenvalue weighted by Gasteiger charge is 2.10. The zero-order valence-electron chi connectivity index (χ0n) is 14.2. The van der Waals surface area contributed by atoms with Gasteiger partial charge in [0.25, 0.3) is 5.91 Å². The van der Waals surface area contributed by atoms with E-state index >= 15 is 0 Å². The number of aromatic nitrogens is 2. The van der Waals surface area contributed by atoms with Crippen LogP contribution in [0.2, 0.25) is 10.0 Å². The molecule has 0 bridgehead atoms. The van der Waals surface area contributed by atoms with E-state index in [9.17, 15) is 4.79 Å². The van der Waals surface area contributed by atoms with E-state index in [0.29, 0.717) is 27.2 Å². The number of amides is 1. The van der Waals surface area contributed by atoms with Gasteiger partial charge in [0.2, 0.25) is 5.95 Å². The van der Waals surface area contributed by atoms with Crippen molar-refractivity contribution in [3.8, 4) is 0 Å². The summed E-state index contributed by atoms with van der Waals surface area (Å²) in [6.07, 6.45) is 2.91. The standard InChI is InChI=1S/C19H16Cl2N4O/c1-11-5-12(2)7-15(6-11)24-19-22-9-13(10-23-19)18(26)25-17-4-3-14(20)8-16(17)21/h3-10H,1-2H3,(H,25,26)(H,22,23,24). The first-order valence-electron chi connectivity index (χ1n) is 7.84. The Balaban J connectivity index is 1.71. The molecule has 1 amide bonds. The molecule has 0 saturated carbocycles. The molecule has 2 aromatic carbocycles. The molecule has 3 aromatic rings. The Morgan fingerprint density at radius 1 is 0.962 bits per heavy atom. The van der Waals surface area contributed by atoms with E-state index in [1.807, 2.05) is 26.0 Å². The van der Waals surface area contributed by atoms with Gasteiger partial charge in [0, 0.05) is 23.1 Å². The molecule has 5 nitrogen and oxygen atoms in total. The van der Waals surface area contributed by atoms with Crippen LogP contribution in [0, 0.1) is 13.8 Å². The fraction of sp³-hybridized carbons (Fsp3) is 0.105. The van der Waals surface area contributed by atoms with Gasteiger partial charge in [0.05, 0.1) is 16.3 Å². The van der Waals surface area contributed by atoms with Gasteiger partial charge < -0.3 is 10.6 Å². The van der Waals surface area contributed by atoms with Gasteiger partial charge >= 0.3 is 0 Å². The van der Waals surface area contributed by atoms with Crippen molar-refractivity contribution in [2.75, 3.05) is 10.6 Å². The number of carbonyl (C=O) groups excluding carboxylic acids is 1. The van der Waals surface area contributed by atoms with Crippen LogP contribution in [0.4, 0.5) is 17.3 Å². The molecule has 0 fully saturated rings. The van der Waals surface area contributed by atoms with Crippen molar-refractivity contribution in [2.24, 2.45) is 0 Å². The van der Waals surface area contributed by atoms with E-state index in [0.717, 1.165) is 16.8 Å². The maximum atomic E-state index is 12.3. The van der Waals surface area contributed by atoms with Crippen molar-refractivity contribution in [2.45, 2.75) is 13.8 Å². The Bertz CT molecular complexity index is 938. The minimum absolute atomic E-state index is 0.321. The monoisotopic (exact) mass is 386 g/mol. The molecule has 0 spiro atoms. The van der Waals surface area contributed by atoms with Crippen LogP contribution < -0.4 is 10.6 Å². The average Bonchev–Trinajstić information content (AvgIpc) is 2.57. The summed E-state index contributed by atoms with van der Waals surface area (Å²) in [7, 11) is 0. The smallest absolute Gasteiger partial charge is 0.258 e. The molecule has 0 saturated heterocycles. The zero-order valence-corrected chi connectivity index (χ0v) is 15.7. The van der Waals surface area contributed by atoms with Gasteiger partial charge in [-0.2, -0.15) is 0 Å². The number of carbonyl (C=O) groups is 1. The number of halogens is 2. The summed E-state index contributed by atoms with van der Waals surface area (Å²) in [4.78, 5) is 20.7. The van der Waals surface area contributed by atoms with Crippen molar-refractivity contribution in [1.82, 2.24) is 9.97 Å². The van der Waals surface area contributed by atoms with Crippen LogP contribution in [0.3, 0.4) is 0 Å². The van der Waals surface area contributed by atoms with Crippen LogP contribution >= 0.6 is 23.2 Å². The maximum absolute atomic E-state index is 12.3. The molecular formula is C19H16Cl2N4O. The number of nitrogens with one attached hydrogen (secondary N) is 2. The Labute approximate surface area is 161 Å². The SMILES string of the molecule is Cc1cc(C)cc(Nc2ncc(C(=O)Nc3ccc(Cl)cc3Cl)cn2)c1. The second-order valence-corrected chi connectivity index (χ2v) is 6.72. The third kappa shape index (κ3) is 4.50. The predicted molar refractivity (Wildman–Crippen MR) is 106 cm³/mol. The molecule has 0 atom stereocenters. The minimum atomic E-state index is -0.354. The van der Waals surface area contributed by atoms with Crippen LogP contribution in [-0.2, 0) is 0 Å². The molecule has 0 aliphatic rings. The molecule has 0 unspecified atom stereocenters. The van der Waals surface area contributed by atoms with Crippen LogP contribution in [0.1, 0.15) is 21.5 Å². The quantitative estimate of drug-likeness (QED) is 0.629. The van der Waals surface area contributed by atoms with E-state index in [-0.39, 0.29) is 5.91 Å². The molecular weight excluding hydrogens is 371 g/mol. The van der Waals surface area contributed by atoms with Crippen LogP contribution in [0.5, 0.6) is 0 Å². The van der Waals surface area contributed by atoms with Crippen LogP contribution in [-0.4, -0.2) is 15.9 Å². The van der Waals surface area contributed by atoms with Crippen molar-refractivity contribution in [3.05, 3.63) is 75.5 Å². The first kappa shape index (κ1) is 18.2. The Morgan fingerprint density at radius 3 is 2.23 bits per heavy atom. The van der Waals surface area contributed by atoms with Gasteiger partial charge in [-0.25, -0.2) is 9.97 Å². The fourth-order valence-electron chi connectivity index (χ4n) is 2.47. The lowest BCUT2D eigenvalue weighted by atomic mass is 10.1. The number of aryl methyl sites for hydroxylation is 2. The van der Waals surface area contributed by atoms with E-state index in [4.69, 9.17) is 23.2 Å². The van der Waals surface area contributed by atoms with Crippen molar-refractivity contribution < 1.29 is 4.79 Å². The highest BCUT2D eigenvalue weighted by atomic mass is 35.5. The molecule has 0 aliphatic carbocycles. The van der Waals surface area contributed by atoms with Gasteiger partial charge in [0.1, 0.15) is 0 Å². The second kappa shape index (κ2) is 7.72. The Hall–Kier alpha value is -2.63. The Kier molecular flexibility index (Phi) is 5.40. The molecule has 2 N–H and O–H groups in total. The van der Waals surface area contributed by atoms with E-state index in [1.54, 1.807) is 18.2 Å². The van der Waals surface area contributed by atoms with E-state index in [2.05, 4.69) is 26.7 Å². The zero-order chi connectivity index (χ0) is 18.7. The van der Waals surface area contributed by atoms with Gasteiger partial charge in [-0.05, 0) is 55.3 Å². The average molecular weight is 387 g/mol. The summed E-state index contributed by atoms with van der Waals surface area (Å²) in [6, 6.07) is 10.9. The molecule has 0 radical (unpaired) electrons. The predicted octanol–water partition coefficient (Wildman–Crippen LogP) is 5.40. The topological polar surface area (TPSA) is 66.9 Å². The minimum Gasteiger partial charge on any atom is -0.324 e. The molecule has 0 aliphatic heterocycles. The van der Waals surface area contributed by atoms with Crippen molar-refractivity contribution in [1.29, 1.82) is 0 Å². The number of anilines is 3. The first-order valence-corrected chi connectivity index (χ1v) is 8.60. The largest absolute Gasteiger partial charge is 0.324 e. The van der Waals surface area contributed by atoms with Gasteiger partial charge in [-0.15, -0.1) is 0 Å². The summed E-state index contributed by atoms with van der Waals surface area (Å²) in [6.45, 7) is 4.04. The summed E-state index contributed by atoms with van der Waals surface area (Å²) in [5.41, 5.74) is 3.97. The number of nitrogens with zero attached hydrogens (tertiary/aromatic N) is 2. The highest BCUT2D eigenvalue weighted by Crippen LogP contribution is 2.25. The number of rotatable bonds is 4. The second-order valence-electron chi connectivity index (χ2n) is 5.88. The first-order chi connectivity index (χ1) is 12.4.